The fourth-order valence-electron chi connectivity index (χ4n) is 3.32. The Morgan fingerprint density at radius 2 is 1.71 bits per heavy atom. The van der Waals surface area contributed by atoms with Crippen molar-refractivity contribution in [2.24, 2.45) is 0 Å². The second-order valence-electron chi connectivity index (χ2n) is 7.64. The van der Waals surface area contributed by atoms with E-state index >= 15 is 0 Å². The quantitative estimate of drug-likeness (QED) is 0.112. The molecule has 176 valence electrons. The lowest BCUT2D eigenvalue weighted by atomic mass is 10.0. The molecule has 0 spiro atoms. The Labute approximate surface area is 210 Å². The van der Waals surface area contributed by atoms with Gasteiger partial charge in [0.15, 0.2) is 5.78 Å². The molecule has 0 fully saturated rings. The summed E-state index contributed by atoms with van der Waals surface area (Å²) in [4.78, 5) is 12.7. The summed E-state index contributed by atoms with van der Waals surface area (Å²) < 4.78 is 17.6. The van der Waals surface area contributed by atoms with Gasteiger partial charge in [0.1, 0.15) is 17.2 Å². The van der Waals surface area contributed by atoms with Crippen LogP contribution in [0.4, 0.5) is 0 Å². The number of hydrogen-bond donors (Lipinski definition) is 0. The smallest absolute Gasteiger partial charge is 0.185 e. The van der Waals surface area contributed by atoms with Crippen molar-refractivity contribution in [3.63, 3.8) is 0 Å². The van der Waals surface area contributed by atoms with Crippen molar-refractivity contribution in [2.75, 3.05) is 20.8 Å². The minimum atomic E-state index is -0.0900. The fraction of sp³-hybridized carbons (Fsp3) is 0.207. The van der Waals surface area contributed by atoms with Crippen molar-refractivity contribution in [1.82, 2.24) is 0 Å². The monoisotopic (exact) mass is 520 g/mol. The normalized spacial score (nSPS) is 11.2. The van der Waals surface area contributed by atoms with Crippen LogP contribution in [-0.2, 0) is 0 Å². The molecule has 3 aromatic carbocycles. The van der Waals surface area contributed by atoms with Crippen LogP contribution in [0.3, 0.4) is 0 Å². The predicted octanol–water partition coefficient (Wildman–Crippen LogP) is 7.71. The Kier molecular flexibility index (Phi) is 9.53. The zero-order valence-corrected chi connectivity index (χ0v) is 21.3. The van der Waals surface area contributed by atoms with Crippen LogP contribution in [0.1, 0.15) is 46.8 Å². The van der Waals surface area contributed by atoms with Gasteiger partial charge in [-0.15, -0.1) is 0 Å². The third-order valence-corrected chi connectivity index (χ3v) is 5.71. The highest BCUT2D eigenvalue weighted by Gasteiger charge is 2.10. The zero-order chi connectivity index (χ0) is 24.3. The molecule has 0 radical (unpaired) electrons. The summed E-state index contributed by atoms with van der Waals surface area (Å²) in [5.74, 6) is 2.07. The van der Waals surface area contributed by atoms with Gasteiger partial charge < -0.3 is 14.2 Å². The second-order valence-corrected chi connectivity index (χ2v) is 8.56. The van der Waals surface area contributed by atoms with Gasteiger partial charge in [-0.05, 0) is 60.0 Å². The molecule has 0 atom stereocenters. The van der Waals surface area contributed by atoms with Crippen LogP contribution in [0, 0.1) is 0 Å². The lowest BCUT2D eigenvalue weighted by Crippen LogP contribution is -1.96. The van der Waals surface area contributed by atoms with Gasteiger partial charge in [-0.3, -0.25) is 4.79 Å². The third kappa shape index (κ3) is 7.09. The Morgan fingerprint density at radius 3 is 2.38 bits per heavy atom. The number of carbonyl (C=O) groups is 1. The van der Waals surface area contributed by atoms with Crippen LogP contribution in [0.25, 0.3) is 18.2 Å². The molecular weight excluding hydrogens is 492 g/mol. The molecule has 4 nitrogen and oxygen atoms in total. The van der Waals surface area contributed by atoms with Crippen LogP contribution >= 0.6 is 15.9 Å². The molecule has 0 aliphatic heterocycles. The van der Waals surface area contributed by atoms with Crippen molar-refractivity contribution in [1.29, 1.82) is 0 Å². The molecule has 0 heterocycles. The van der Waals surface area contributed by atoms with E-state index in [0.29, 0.717) is 17.1 Å². The molecule has 3 aromatic rings. The number of carbonyl (C=O) groups excluding carboxylic acids is 1. The van der Waals surface area contributed by atoms with Gasteiger partial charge in [-0.1, -0.05) is 65.7 Å². The number of ketones is 1. The molecular formula is C29H29BrO4. The summed E-state index contributed by atoms with van der Waals surface area (Å²) in [6.07, 6.45) is 9.49. The molecule has 5 heteroatoms. The van der Waals surface area contributed by atoms with E-state index in [1.807, 2.05) is 60.7 Å². The van der Waals surface area contributed by atoms with Gasteiger partial charge in [-0.25, -0.2) is 0 Å². The average molecular weight is 521 g/mol. The molecule has 0 aliphatic carbocycles. The van der Waals surface area contributed by atoms with E-state index in [1.54, 1.807) is 38.5 Å². The first-order valence-corrected chi connectivity index (χ1v) is 12.0. The summed E-state index contributed by atoms with van der Waals surface area (Å²) in [6.45, 7) is 2.87. The standard InChI is InChI=1S/C29H29BrO4/c1-4-5-17-34-25-13-10-21(11-14-25)9-12-22-19-26(32-2)20-29(33-3)27(22)15-16-28(31)23-7-6-8-24(30)18-23/h6-16,18-20H,4-5,17H2,1-3H3/b12-9+,16-15+. The first-order chi connectivity index (χ1) is 16.5. The van der Waals surface area contributed by atoms with E-state index in [2.05, 4.69) is 22.9 Å². The predicted molar refractivity (Wildman–Crippen MR) is 143 cm³/mol. The van der Waals surface area contributed by atoms with E-state index < -0.39 is 0 Å². The van der Waals surface area contributed by atoms with Gasteiger partial charge in [0.05, 0.1) is 20.8 Å². The highest BCUT2D eigenvalue weighted by atomic mass is 79.9. The molecule has 0 aliphatic rings. The molecule has 0 amide bonds. The lowest BCUT2D eigenvalue weighted by Gasteiger charge is -2.12. The van der Waals surface area contributed by atoms with Gasteiger partial charge >= 0.3 is 0 Å². The molecule has 0 unspecified atom stereocenters. The van der Waals surface area contributed by atoms with E-state index in [9.17, 15) is 4.79 Å². The number of hydrogen-bond acceptors (Lipinski definition) is 4. The van der Waals surface area contributed by atoms with Crippen LogP contribution in [0.2, 0.25) is 0 Å². The number of ether oxygens (including phenoxy) is 3. The van der Waals surface area contributed by atoms with Crippen molar-refractivity contribution in [3.8, 4) is 17.2 Å². The fourth-order valence-corrected chi connectivity index (χ4v) is 3.72. The number of rotatable bonds is 11. The van der Waals surface area contributed by atoms with Crippen molar-refractivity contribution in [2.45, 2.75) is 19.8 Å². The maximum absolute atomic E-state index is 12.7. The summed E-state index contributed by atoms with van der Waals surface area (Å²) in [6, 6.07) is 19.0. The number of halogens is 1. The van der Waals surface area contributed by atoms with Gasteiger partial charge in [-0.2, -0.15) is 0 Å². The van der Waals surface area contributed by atoms with E-state index in [4.69, 9.17) is 14.2 Å². The minimum absolute atomic E-state index is 0.0900. The van der Waals surface area contributed by atoms with Crippen molar-refractivity contribution < 1.29 is 19.0 Å². The first kappa shape index (κ1) is 25.3. The molecule has 0 saturated carbocycles. The second kappa shape index (κ2) is 12.8. The molecule has 0 N–H and O–H groups in total. The van der Waals surface area contributed by atoms with Crippen LogP contribution < -0.4 is 14.2 Å². The number of benzene rings is 3. The van der Waals surface area contributed by atoms with Crippen LogP contribution in [0.15, 0.2) is 71.2 Å². The average Bonchev–Trinajstić information content (AvgIpc) is 2.86. The molecule has 3 rings (SSSR count). The summed E-state index contributed by atoms with van der Waals surface area (Å²) in [7, 11) is 3.22. The maximum atomic E-state index is 12.7. The zero-order valence-electron chi connectivity index (χ0n) is 19.7. The topological polar surface area (TPSA) is 44.8 Å². The van der Waals surface area contributed by atoms with Crippen LogP contribution in [0.5, 0.6) is 17.2 Å². The Hall–Kier alpha value is -3.31. The minimum Gasteiger partial charge on any atom is -0.497 e. The highest BCUT2D eigenvalue weighted by molar-refractivity contribution is 9.10. The molecule has 0 aromatic heterocycles. The Bertz CT molecular complexity index is 1160. The van der Waals surface area contributed by atoms with E-state index in [-0.39, 0.29) is 5.78 Å². The number of allylic oxidation sites excluding steroid dienone is 1. The molecule has 34 heavy (non-hydrogen) atoms. The summed E-state index contributed by atoms with van der Waals surface area (Å²) in [5, 5.41) is 0. The van der Waals surface area contributed by atoms with E-state index in [1.165, 1.54) is 0 Å². The molecule has 0 bridgehead atoms. The number of methoxy groups -OCH3 is 2. The van der Waals surface area contributed by atoms with Gasteiger partial charge in [0.25, 0.3) is 0 Å². The van der Waals surface area contributed by atoms with Crippen LogP contribution in [-0.4, -0.2) is 26.6 Å². The Morgan fingerprint density at radius 1 is 0.912 bits per heavy atom. The summed E-state index contributed by atoms with van der Waals surface area (Å²) >= 11 is 3.41. The lowest BCUT2D eigenvalue weighted by molar-refractivity contribution is 0.104. The van der Waals surface area contributed by atoms with Gasteiger partial charge in [0, 0.05) is 21.7 Å². The summed E-state index contributed by atoms with van der Waals surface area (Å²) in [5.41, 5.74) is 3.31. The first-order valence-electron chi connectivity index (χ1n) is 11.2. The number of unbranched alkanes of at least 4 members (excludes halogenated alkanes) is 1. The van der Waals surface area contributed by atoms with E-state index in [0.717, 1.165) is 46.4 Å². The highest BCUT2D eigenvalue weighted by Crippen LogP contribution is 2.31. The Balaban J connectivity index is 1.88. The van der Waals surface area contributed by atoms with Gasteiger partial charge in [0.2, 0.25) is 0 Å². The van der Waals surface area contributed by atoms with Crippen molar-refractivity contribution in [3.05, 3.63) is 93.5 Å². The SMILES string of the molecule is CCCCOc1ccc(/C=C/c2cc(OC)cc(OC)c2/C=C/C(=O)c2cccc(Br)c2)cc1. The maximum Gasteiger partial charge on any atom is 0.185 e. The largest absolute Gasteiger partial charge is 0.497 e. The third-order valence-electron chi connectivity index (χ3n) is 5.22. The molecule has 0 saturated heterocycles. The van der Waals surface area contributed by atoms with Crippen molar-refractivity contribution >= 4 is 39.9 Å².